The van der Waals surface area contributed by atoms with Crippen LogP contribution in [0.15, 0.2) is 42.5 Å². The molecular weight excluding hydrogens is 250 g/mol. The lowest BCUT2D eigenvalue weighted by atomic mass is 10.1. The number of nitrogens with one attached hydrogen (secondary N) is 1. The summed E-state index contributed by atoms with van der Waals surface area (Å²) in [7, 11) is 1.67. The van der Waals surface area contributed by atoms with Crippen molar-refractivity contribution in [1.82, 2.24) is 0 Å². The maximum absolute atomic E-state index is 8.80. The van der Waals surface area contributed by atoms with Crippen LogP contribution < -0.4 is 15.8 Å². The number of anilines is 2. The lowest BCUT2D eigenvalue weighted by Gasteiger charge is -2.11. The Hall–Kier alpha value is -2.67. The standard InChI is InChI=1S/C16H17N3O/c1-20-16-5-3-2-4-13(16)8-9-19-15-7-6-12(11-17)10-14(15)18/h2-7,10,19H,8-9,18H2,1H3. The Balaban J connectivity index is 1.98. The summed E-state index contributed by atoms with van der Waals surface area (Å²) in [5.41, 5.74) is 9.04. The number of para-hydroxylation sites is 1. The Kier molecular flexibility index (Phi) is 4.46. The van der Waals surface area contributed by atoms with Crippen molar-refractivity contribution in [1.29, 1.82) is 5.26 Å². The molecule has 3 N–H and O–H groups in total. The van der Waals surface area contributed by atoms with Gasteiger partial charge in [0.2, 0.25) is 0 Å². The van der Waals surface area contributed by atoms with Gasteiger partial charge in [0, 0.05) is 6.54 Å². The van der Waals surface area contributed by atoms with Crippen LogP contribution in [0, 0.1) is 11.3 Å². The molecule has 0 unspecified atom stereocenters. The van der Waals surface area contributed by atoms with E-state index in [9.17, 15) is 0 Å². The van der Waals surface area contributed by atoms with Crippen molar-refractivity contribution in [3.63, 3.8) is 0 Å². The molecule has 4 nitrogen and oxygen atoms in total. The van der Waals surface area contributed by atoms with Crippen molar-refractivity contribution in [2.45, 2.75) is 6.42 Å². The first-order valence-corrected chi connectivity index (χ1v) is 6.40. The second-order valence-corrected chi connectivity index (χ2v) is 4.40. The van der Waals surface area contributed by atoms with Gasteiger partial charge in [-0.15, -0.1) is 0 Å². The first-order chi connectivity index (χ1) is 9.74. The molecule has 4 heteroatoms. The van der Waals surface area contributed by atoms with Gasteiger partial charge in [-0.1, -0.05) is 18.2 Å². The van der Waals surface area contributed by atoms with Crippen LogP contribution in [0.1, 0.15) is 11.1 Å². The van der Waals surface area contributed by atoms with Crippen molar-refractivity contribution >= 4 is 11.4 Å². The smallest absolute Gasteiger partial charge is 0.122 e. The molecule has 2 aromatic carbocycles. The minimum atomic E-state index is 0.567. The number of rotatable bonds is 5. The molecule has 20 heavy (non-hydrogen) atoms. The third kappa shape index (κ3) is 3.21. The Bertz CT molecular complexity index is 632. The number of methoxy groups -OCH3 is 1. The van der Waals surface area contributed by atoms with Gasteiger partial charge in [-0.05, 0) is 36.2 Å². The van der Waals surface area contributed by atoms with E-state index < -0.39 is 0 Å². The summed E-state index contributed by atoms with van der Waals surface area (Å²) >= 11 is 0. The fourth-order valence-electron chi connectivity index (χ4n) is 2.03. The van der Waals surface area contributed by atoms with Gasteiger partial charge < -0.3 is 15.8 Å². The highest BCUT2D eigenvalue weighted by atomic mass is 16.5. The molecule has 102 valence electrons. The average molecular weight is 267 g/mol. The summed E-state index contributed by atoms with van der Waals surface area (Å²) in [4.78, 5) is 0. The van der Waals surface area contributed by atoms with E-state index in [1.807, 2.05) is 30.3 Å². The van der Waals surface area contributed by atoms with Gasteiger partial charge in [-0.25, -0.2) is 0 Å². The van der Waals surface area contributed by atoms with Crippen molar-refractivity contribution in [3.8, 4) is 11.8 Å². The van der Waals surface area contributed by atoms with Gasteiger partial charge in [0.15, 0.2) is 0 Å². The third-order valence-corrected chi connectivity index (χ3v) is 3.08. The number of benzene rings is 2. The van der Waals surface area contributed by atoms with E-state index in [0.29, 0.717) is 11.3 Å². The van der Waals surface area contributed by atoms with Gasteiger partial charge in [0.25, 0.3) is 0 Å². The maximum Gasteiger partial charge on any atom is 0.122 e. The molecule has 0 aliphatic carbocycles. The van der Waals surface area contributed by atoms with E-state index in [1.165, 1.54) is 0 Å². The summed E-state index contributed by atoms with van der Waals surface area (Å²) in [5.74, 6) is 0.891. The van der Waals surface area contributed by atoms with Gasteiger partial charge in [0.1, 0.15) is 5.75 Å². The molecule has 0 amide bonds. The Morgan fingerprint density at radius 2 is 2.05 bits per heavy atom. The van der Waals surface area contributed by atoms with Gasteiger partial charge >= 0.3 is 0 Å². The predicted octanol–water partition coefficient (Wildman–Crippen LogP) is 2.80. The second kappa shape index (κ2) is 6.48. The van der Waals surface area contributed by atoms with Crippen LogP contribution in [0.5, 0.6) is 5.75 Å². The van der Waals surface area contributed by atoms with E-state index in [1.54, 1.807) is 19.2 Å². The van der Waals surface area contributed by atoms with Crippen molar-refractivity contribution < 1.29 is 4.74 Å². The molecule has 0 radical (unpaired) electrons. The molecule has 0 aliphatic rings. The summed E-state index contributed by atoms with van der Waals surface area (Å²) in [5, 5.41) is 12.1. The zero-order chi connectivity index (χ0) is 14.4. The largest absolute Gasteiger partial charge is 0.496 e. The number of hydrogen-bond acceptors (Lipinski definition) is 4. The summed E-state index contributed by atoms with van der Waals surface area (Å²) in [6.45, 7) is 0.747. The molecule has 0 aliphatic heterocycles. The fraction of sp³-hybridized carbons (Fsp3) is 0.188. The van der Waals surface area contributed by atoms with Crippen LogP contribution in [0.4, 0.5) is 11.4 Å². The van der Waals surface area contributed by atoms with E-state index in [4.69, 9.17) is 15.7 Å². The highest BCUT2D eigenvalue weighted by molar-refractivity contribution is 5.68. The van der Waals surface area contributed by atoms with Gasteiger partial charge in [0.05, 0.1) is 30.1 Å². The lowest BCUT2D eigenvalue weighted by molar-refractivity contribution is 0.410. The van der Waals surface area contributed by atoms with Crippen molar-refractivity contribution in [2.24, 2.45) is 0 Å². The van der Waals surface area contributed by atoms with Crippen LogP contribution in [0.25, 0.3) is 0 Å². The first-order valence-electron chi connectivity index (χ1n) is 6.40. The molecule has 0 aromatic heterocycles. The molecule has 0 saturated heterocycles. The number of nitrogens with two attached hydrogens (primary N) is 1. The minimum absolute atomic E-state index is 0.567. The normalized spacial score (nSPS) is 9.80. The van der Waals surface area contributed by atoms with Crippen LogP contribution in [-0.4, -0.2) is 13.7 Å². The first kappa shape index (κ1) is 13.8. The van der Waals surface area contributed by atoms with E-state index in [0.717, 1.165) is 30.0 Å². The molecule has 0 saturated carbocycles. The number of nitrogen functional groups attached to an aromatic ring is 1. The van der Waals surface area contributed by atoms with E-state index >= 15 is 0 Å². The minimum Gasteiger partial charge on any atom is -0.496 e. The molecule has 0 atom stereocenters. The summed E-state index contributed by atoms with van der Waals surface area (Å²) in [6, 6.07) is 15.3. The monoisotopic (exact) mass is 267 g/mol. The molecule has 2 aromatic rings. The molecule has 0 heterocycles. The zero-order valence-corrected chi connectivity index (χ0v) is 11.4. The van der Waals surface area contributed by atoms with Crippen molar-refractivity contribution in [3.05, 3.63) is 53.6 Å². The lowest BCUT2D eigenvalue weighted by Crippen LogP contribution is -2.07. The summed E-state index contributed by atoms with van der Waals surface area (Å²) < 4.78 is 5.31. The van der Waals surface area contributed by atoms with Crippen LogP contribution in [0.2, 0.25) is 0 Å². The van der Waals surface area contributed by atoms with Crippen LogP contribution >= 0.6 is 0 Å². The van der Waals surface area contributed by atoms with Crippen LogP contribution in [-0.2, 0) is 6.42 Å². The number of hydrogen-bond donors (Lipinski definition) is 2. The molecule has 0 spiro atoms. The molecule has 0 bridgehead atoms. The molecular formula is C16H17N3O. The Morgan fingerprint density at radius 1 is 1.25 bits per heavy atom. The quantitative estimate of drug-likeness (QED) is 0.817. The Labute approximate surface area is 118 Å². The number of nitrogens with zero attached hydrogens (tertiary/aromatic N) is 1. The summed E-state index contributed by atoms with van der Waals surface area (Å²) in [6.07, 6.45) is 0.837. The topological polar surface area (TPSA) is 71.1 Å². The number of ether oxygens (including phenoxy) is 1. The second-order valence-electron chi connectivity index (χ2n) is 4.40. The number of nitriles is 1. The average Bonchev–Trinajstić information content (AvgIpc) is 2.49. The Morgan fingerprint density at radius 3 is 2.75 bits per heavy atom. The third-order valence-electron chi connectivity index (χ3n) is 3.08. The van der Waals surface area contributed by atoms with E-state index in [-0.39, 0.29) is 0 Å². The van der Waals surface area contributed by atoms with E-state index in [2.05, 4.69) is 11.4 Å². The SMILES string of the molecule is COc1ccccc1CCNc1ccc(C#N)cc1N. The highest BCUT2D eigenvalue weighted by Crippen LogP contribution is 2.21. The predicted molar refractivity (Wildman–Crippen MR) is 80.8 cm³/mol. The zero-order valence-electron chi connectivity index (χ0n) is 11.4. The maximum atomic E-state index is 8.80. The molecule has 0 fully saturated rings. The van der Waals surface area contributed by atoms with Crippen molar-refractivity contribution in [2.75, 3.05) is 24.7 Å². The highest BCUT2D eigenvalue weighted by Gasteiger charge is 2.03. The molecule has 2 rings (SSSR count). The fourth-order valence-corrected chi connectivity index (χ4v) is 2.03. The van der Waals surface area contributed by atoms with Gasteiger partial charge in [-0.3, -0.25) is 0 Å². The van der Waals surface area contributed by atoms with Gasteiger partial charge in [-0.2, -0.15) is 5.26 Å². The van der Waals surface area contributed by atoms with Crippen LogP contribution in [0.3, 0.4) is 0 Å².